The molecule has 0 fully saturated rings. The lowest BCUT2D eigenvalue weighted by atomic mass is 9.99. The summed E-state index contributed by atoms with van der Waals surface area (Å²) in [5.74, 6) is 1.32. The van der Waals surface area contributed by atoms with Crippen LogP contribution in [-0.4, -0.2) is 30.9 Å². The molecular formula is C9H23N3S. The van der Waals surface area contributed by atoms with Gasteiger partial charge in [0.15, 0.2) is 0 Å². The third-order valence-electron chi connectivity index (χ3n) is 2.46. The number of hydrogen-bond acceptors (Lipinski definition) is 4. The first-order chi connectivity index (χ1) is 6.15. The molecule has 13 heavy (non-hydrogen) atoms. The minimum absolute atomic E-state index is 0.126. The Morgan fingerprint density at radius 2 is 2.08 bits per heavy atom. The monoisotopic (exact) mass is 205 g/mol. The fourth-order valence-corrected chi connectivity index (χ4v) is 1.30. The van der Waals surface area contributed by atoms with Crippen molar-refractivity contribution in [3.05, 3.63) is 0 Å². The lowest BCUT2D eigenvalue weighted by Gasteiger charge is -2.24. The standard InChI is InChI=1S/C9H23N3S/c1-3-7(2)9(4-10)12-5-8(11)6-13/h7-9,12-13H,3-6,10-11H2,1-2H3/t7-,8+,9+/m0/s1. The maximum absolute atomic E-state index is 5.74. The van der Waals surface area contributed by atoms with E-state index >= 15 is 0 Å². The van der Waals surface area contributed by atoms with Gasteiger partial charge in [0, 0.05) is 30.9 Å². The highest BCUT2D eigenvalue weighted by molar-refractivity contribution is 7.80. The van der Waals surface area contributed by atoms with Gasteiger partial charge in [0.25, 0.3) is 0 Å². The molecule has 0 amide bonds. The molecule has 0 bridgehead atoms. The zero-order valence-corrected chi connectivity index (χ0v) is 9.56. The van der Waals surface area contributed by atoms with Gasteiger partial charge in [-0.2, -0.15) is 12.6 Å². The van der Waals surface area contributed by atoms with Crippen molar-refractivity contribution in [2.24, 2.45) is 17.4 Å². The Morgan fingerprint density at radius 1 is 1.46 bits per heavy atom. The molecule has 0 aliphatic heterocycles. The van der Waals surface area contributed by atoms with Crippen LogP contribution in [0.1, 0.15) is 20.3 Å². The van der Waals surface area contributed by atoms with Gasteiger partial charge in [0.1, 0.15) is 0 Å². The number of hydrogen-bond donors (Lipinski definition) is 4. The Morgan fingerprint density at radius 3 is 2.46 bits per heavy atom. The summed E-state index contributed by atoms with van der Waals surface area (Å²) in [5.41, 5.74) is 11.4. The lowest BCUT2D eigenvalue weighted by Crippen LogP contribution is -2.46. The van der Waals surface area contributed by atoms with Gasteiger partial charge < -0.3 is 16.8 Å². The largest absolute Gasteiger partial charge is 0.329 e. The summed E-state index contributed by atoms with van der Waals surface area (Å²) in [5, 5.41) is 3.37. The van der Waals surface area contributed by atoms with E-state index in [1.54, 1.807) is 0 Å². The first-order valence-electron chi connectivity index (χ1n) is 4.95. The van der Waals surface area contributed by atoms with Crippen LogP contribution in [0.25, 0.3) is 0 Å². The zero-order valence-electron chi connectivity index (χ0n) is 8.66. The second kappa shape index (κ2) is 7.62. The van der Waals surface area contributed by atoms with E-state index in [1.807, 2.05) is 0 Å². The van der Waals surface area contributed by atoms with Crippen LogP contribution in [0.15, 0.2) is 0 Å². The Kier molecular flexibility index (Phi) is 7.75. The fourth-order valence-electron chi connectivity index (χ4n) is 1.17. The summed E-state index contributed by atoms with van der Waals surface area (Å²) >= 11 is 4.13. The highest BCUT2D eigenvalue weighted by atomic mass is 32.1. The third-order valence-corrected chi connectivity index (χ3v) is 2.93. The summed E-state index contributed by atoms with van der Waals surface area (Å²) in [6.07, 6.45) is 1.14. The molecule has 80 valence electrons. The van der Waals surface area contributed by atoms with E-state index in [9.17, 15) is 0 Å². The van der Waals surface area contributed by atoms with Crippen molar-refractivity contribution in [3.8, 4) is 0 Å². The average molecular weight is 205 g/mol. The predicted molar refractivity (Wildman–Crippen MR) is 62.1 cm³/mol. The topological polar surface area (TPSA) is 64.1 Å². The molecule has 0 aliphatic carbocycles. The molecule has 0 aliphatic rings. The van der Waals surface area contributed by atoms with Crippen LogP contribution in [-0.2, 0) is 0 Å². The second-order valence-corrected chi connectivity index (χ2v) is 3.94. The van der Waals surface area contributed by atoms with Crippen molar-refractivity contribution in [3.63, 3.8) is 0 Å². The van der Waals surface area contributed by atoms with E-state index in [0.29, 0.717) is 24.3 Å². The molecule has 5 N–H and O–H groups in total. The van der Waals surface area contributed by atoms with Gasteiger partial charge in [-0.3, -0.25) is 0 Å². The van der Waals surface area contributed by atoms with Crippen LogP contribution in [0.2, 0.25) is 0 Å². The highest BCUT2D eigenvalue weighted by Crippen LogP contribution is 2.05. The van der Waals surface area contributed by atoms with Crippen LogP contribution >= 0.6 is 12.6 Å². The van der Waals surface area contributed by atoms with Gasteiger partial charge in [0.2, 0.25) is 0 Å². The van der Waals surface area contributed by atoms with Crippen molar-refractivity contribution in [2.45, 2.75) is 32.4 Å². The fraction of sp³-hybridized carbons (Fsp3) is 1.00. The van der Waals surface area contributed by atoms with Crippen LogP contribution in [0, 0.1) is 5.92 Å². The van der Waals surface area contributed by atoms with Crippen molar-refractivity contribution in [1.29, 1.82) is 0 Å². The smallest absolute Gasteiger partial charge is 0.0254 e. The molecule has 0 saturated carbocycles. The number of nitrogens with one attached hydrogen (secondary N) is 1. The van der Waals surface area contributed by atoms with Gasteiger partial charge in [-0.15, -0.1) is 0 Å². The van der Waals surface area contributed by atoms with E-state index in [-0.39, 0.29) is 6.04 Å². The maximum atomic E-state index is 5.74. The third kappa shape index (κ3) is 5.52. The van der Waals surface area contributed by atoms with Crippen molar-refractivity contribution >= 4 is 12.6 Å². The molecule has 0 saturated heterocycles. The Bertz CT molecular complexity index is 121. The van der Waals surface area contributed by atoms with Crippen molar-refractivity contribution in [1.82, 2.24) is 5.32 Å². The Balaban J connectivity index is 3.71. The van der Waals surface area contributed by atoms with Gasteiger partial charge >= 0.3 is 0 Å². The Hall–Kier alpha value is 0.230. The molecule has 4 heteroatoms. The first kappa shape index (κ1) is 13.2. The second-order valence-electron chi connectivity index (χ2n) is 3.58. The molecule has 3 nitrogen and oxygen atoms in total. The van der Waals surface area contributed by atoms with Crippen LogP contribution in [0.3, 0.4) is 0 Å². The first-order valence-corrected chi connectivity index (χ1v) is 5.58. The number of nitrogens with two attached hydrogens (primary N) is 2. The number of rotatable bonds is 7. The summed E-state index contributed by atoms with van der Waals surface area (Å²) in [6.45, 7) is 5.86. The van der Waals surface area contributed by atoms with Crippen LogP contribution < -0.4 is 16.8 Å². The molecule has 3 atom stereocenters. The van der Waals surface area contributed by atoms with Gasteiger partial charge in [-0.1, -0.05) is 20.3 Å². The summed E-state index contributed by atoms with van der Waals surface area (Å²) in [6, 6.07) is 0.511. The molecular weight excluding hydrogens is 182 g/mol. The van der Waals surface area contributed by atoms with E-state index in [2.05, 4.69) is 31.8 Å². The quantitative estimate of drug-likeness (QED) is 0.449. The normalized spacial score (nSPS) is 18.2. The van der Waals surface area contributed by atoms with Gasteiger partial charge in [0.05, 0.1) is 0 Å². The summed E-state index contributed by atoms with van der Waals surface area (Å²) < 4.78 is 0. The van der Waals surface area contributed by atoms with E-state index in [0.717, 1.165) is 13.0 Å². The minimum Gasteiger partial charge on any atom is -0.329 e. The molecule has 0 spiro atoms. The molecule has 0 aromatic carbocycles. The summed E-state index contributed by atoms with van der Waals surface area (Å²) in [4.78, 5) is 0. The van der Waals surface area contributed by atoms with Crippen LogP contribution in [0.5, 0.6) is 0 Å². The molecule has 0 aromatic rings. The Labute approximate surface area is 87.0 Å². The molecule has 0 radical (unpaired) electrons. The molecule has 0 heterocycles. The average Bonchev–Trinajstić information content (AvgIpc) is 2.17. The summed E-state index contributed by atoms with van der Waals surface area (Å²) in [7, 11) is 0. The minimum atomic E-state index is 0.126. The maximum Gasteiger partial charge on any atom is 0.0254 e. The number of thiol groups is 1. The van der Waals surface area contributed by atoms with Crippen LogP contribution in [0.4, 0.5) is 0 Å². The zero-order chi connectivity index (χ0) is 10.3. The lowest BCUT2D eigenvalue weighted by molar-refractivity contribution is 0.367. The van der Waals surface area contributed by atoms with E-state index in [1.165, 1.54) is 0 Å². The predicted octanol–water partition coefficient (Wildman–Crippen LogP) is 0.207. The van der Waals surface area contributed by atoms with E-state index < -0.39 is 0 Å². The van der Waals surface area contributed by atoms with Gasteiger partial charge in [-0.25, -0.2) is 0 Å². The molecule has 0 rings (SSSR count). The molecule has 0 unspecified atom stereocenters. The molecule has 0 aromatic heterocycles. The highest BCUT2D eigenvalue weighted by Gasteiger charge is 2.13. The van der Waals surface area contributed by atoms with Crippen molar-refractivity contribution in [2.75, 3.05) is 18.8 Å². The van der Waals surface area contributed by atoms with E-state index in [4.69, 9.17) is 11.5 Å². The van der Waals surface area contributed by atoms with Crippen molar-refractivity contribution < 1.29 is 0 Å². The SMILES string of the molecule is CC[C@H](C)[C@@H](CN)NC[C@@H](N)CS. The van der Waals surface area contributed by atoms with Gasteiger partial charge in [-0.05, 0) is 5.92 Å².